The summed E-state index contributed by atoms with van der Waals surface area (Å²) in [6, 6.07) is 6.05. The van der Waals surface area contributed by atoms with E-state index in [9.17, 15) is 0 Å². The number of nitrogens with zero attached hydrogens (tertiary/aromatic N) is 1. The average Bonchev–Trinajstić information content (AvgIpc) is 2.68. The summed E-state index contributed by atoms with van der Waals surface area (Å²) >= 11 is 9.58. The largest absolute Gasteiger partial charge is 0.312 e. The predicted molar refractivity (Wildman–Crippen MR) is 76.5 cm³/mol. The van der Waals surface area contributed by atoms with Crippen LogP contribution in [0.2, 0.25) is 5.02 Å². The van der Waals surface area contributed by atoms with E-state index in [2.05, 4.69) is 39.3 Å². The van der Waals surface area contributed by atoms with Crippen LogP contribution < -0.4 is 5.32 Å². The Morgan fingerprint density at radius 1 is 1.53 bits per heavy atom. The molecule has 1 fully saturated rings. The van der Waals surface area contributed by atoms with Crippen molar-refractivity contribution in [2.75, 3.05) is 26.7 Å². The molecule has 0 bridgehead atoms. The minimum absolute atomic E-state index is 0.786. The fourth-order valence-electron chi connectivity index (χ4n) is 2.27. The summed E-state index contributed by atoms with van der Waals surface area (Å²) in [6.45, 7) is 4.37. The number of nitrogens with one attached hydrogen (secondary N) is 1. The van der Waals surface area contributed by atoms with Gasteiger partial charge in [0.15, 0.2) is 0 Å². The maximum Gasteiger partial charge on any atom is 0.0462 e. The zero-order chi connectivity index (χ0) is 12.3. The molecule has 1 atom stereocenters. The van der Waals surface area contributed by atoms with Crippen molar-refractivity contribution >= 4 is 27.5 Å². The molecule has 1 heterocycles. The van der Waals surface area contributed by atoms with E-state index in [0.29, 0.717) is 0 Å². The maximum absolute atomic E-state index is 6.17. The molecule has 0 radical (unpaired) electrons. The molecule has 0 saturated carbocycles. The minimum atomic E-state index is 0.786. The lowest BCUT2D eigenvalue weighted by atomic mass is 10.1. The van der Waals surface area contributed by atoms with E-state index in [4.69, 9.17) is 11.6 Å². The summed E-state index contributed by atoms with van der Waals surface area (Å²) in [7, 11) is 2.19. The van der Waals surface area contributed by atoms with Crippen LogP contribution in [0.5, 0.6) is 0 Å². The van der Waals surface area contributed by atoms with Crippen LogP contribution in [0.15, 0.2) is 22.7 Å². The summed E-state index contributed by atoms with van der Waals surface area (Å²) in [6.07, 6.45) is 1.30. The van der Waals surface area contributed by atoms with Gasteiger partial charge in [-0.2, -0.15) is 0 Å². The van der Waals surface area contributed by atoms with E-state index < -0.39 is 0 Å². The third-order valence-electron chi connectivity index (χ3n) is 3.25. The molecule has 0 aromatic heterocycles. The SMILES string of the molecule is CN1CCC(CNCc2ccc(Br)cc2Cl)C1. The van der Waals surface area contributed by atoms with Gasteiger partial charge in [-0.15, -0.1) is 0 Å². The zero-order valence-corrected chi connectivity index (χ0v) is 12.4. The number of rotatable bonds is 4. The van der Waals surface area contributed by atoms with Crippen molar-refractivity contribution in [2.45, 2.75) is 13.0 Å². The fourth-order valence-corrected chi connectivity index (χ4v) is 3.01. The molecular weight excluding hydrogens is 300 g/mol. The summed E-state index contributed by atoms with van der Waals surface area (Å²) in [5.41, 5.74) is 1.17. The van der Waals surface area contributed by atoms with Crippen LogP contribution >= 0.6 is 27.5 Å². The molecule has 4 heteroatoms. The van der Waals surface area contributed by atoms with Crippen molar-refractivity contribution in [3.8, 4) is 0 Å². The molecule has 1 aliphatic heterocycles. The molecule has 0 spiro atoms. The summed E-state index contributed by atoms with van der Waals surface area (Å²) < 4.78 is 1.03. The topological polar surface area (TPSA) is 15.3 Å². The van der Waals surface area contributed by atoms with Gasteiger partial charge < -0.3 is 10.2 Å². The van der Waals surface area contributed by atoms with Gasteiger partial charge in [-0.1, -0.05) is 33.6 Å². The van der Waals surface area contributed by atoms with Gasteiger partial charge in [0.05, 0.1) is 0 Å². The zero-order valence-electron chi connectivity index (χ0n) is 10.0. The Morgan fingerprint density at radius 3 is 3.00 bits per heavy atom. The smallest absolute Gasteiger partial charge is 0.0462 e. The molecule has 1 aliphatic rings. The van der Waals surface area contributed by atoms with Crippen molar-refractivity contribution in [2.24, 2.45) is 5.92 Å². The normalized spacial score (nSPS) is 21.0. The molecule has 1 saturated heterocycles. The van der Waals surface area contributed by atoms with Crippen LogP contribution in [0.25, 0.3) is 0 Å². The van der Waals surface area contributed by atoms with Crippen LogP contribution in [0.3, 0.4) is 0 Å². The molecule has 1 N–H and O–H groups in total. The highest BCUT2D eigenvalue weighted by Gasteiger charge is 2.18. The highest BCUT2D eigenvalue weighted by atomic mass is 79.9. The quantitative estimate of drug-likeness (QED) is 0.918. The van der Waals surface area contributed by atoms with E-state index in [0.717, 1.165) is 28.5 Å². The highest BCUT2D eigenvalue weighted by molar-refractivity contribution is 9.10. The molecule has 17 heavy (non-hydrogen) atoms. The van der Waals surface area contributed by atoms with Crippen molar-refractivity contribution in [3.05, 3.63) is 33.3 Å². The van der Waals surface area contributed by atoms with Gasteiger partial charge in [0.1, 0.15) is 0 Å². The molecule has 94 valence electrons. The number of hydrogen-bond donors (Lipinski definition) is 1. The molecule has 0 aliphatic carbocycles. The maximum atomic E-state index is 6.17. The lowest BCUT2D eigenvalue weighted by Crippen LogP contribution is -2.24. The number of benzene rings is 1. The van der Waals surface area contributed by atoms with E-state index in [-0.39, 0.29) is 0 Å². The highest BCUT2D eigenvalue weighted by Crippen LogP contribution is 2.21. The first kappa shape index (κ1) is 13.3. The van der Waals surface area contributed by atoms with Gasteiger partial charge in [0.25, 0.3) is 0 Å². The predicted octanol–water partition coefficient (Wildman–Crippen LogP) is 3.14. The molecular formula is C13H18BrClN2. The average molecular weight is 318 g/mol. The number of halogens is 2. The van der Waals surface area contributed by atoms with Gasteiger partial charge in [0.2, 0.25) is 0 Å². The third kappa shape index (κ3) is 3.95. The summed E-state index contributed by atoms with van der Waals surface area (Å²) in [4.78, 5) is 2.39. The molecule has 1 aromatic carbocycles. The van der Waals surface area contributed by atoms with Gasteiger partial charge in [-0.25, -0.2) is 0 Å². The van der Waals surface area contributed by atoms with Crippen molar-refractivity contribution in [1.29, 1.82) is 0 Å². The van der Waals surface area contributed by atoms with Gasteiger partial charge in [0, 0.05) is 22.6 Å². The van der Waals surface area contributed by atoms with Crippen LogP contribution in [0, 0.1) is 5.92 Å². The Kier molecular flexibility index (Phi) is 4.86. The Bertz CT molecular complexity index is 384. The Labute approximate surface area is 116 Å². The van der Waals surface area contributed by atoms with Gasteiger partial charge >= 0.3 is 0 Å². The van der Waals surface area contributed by atoms with Crippen LogP contribution in [0.1, 0.15) is 12.0 Å². The van der Waals surface area contributed by atoms with E-state index in [1.807, 2.05) is 12.1 Å². The van der Waals surface area contributed by atoms with Crippen molar-refractivity contribution in [1.82, 2.24) is 10.2 Å². The van der Waals surface area contributed by atoms with Gasteiger partial charge in [-0.3, -0.25) is 0 Å². The molecule has 0 amide bonds. The third-order valence-corrected chi connectivity index (χ3v) is 4.10. The molecule has 2 rings (SSSR count). The second-order valence-electron chi connectivity index (χ2n) is 4.78. The Balaban J connectivity index is 1.78. The Morgan fingerprint density at radius 2 is 2.35 bits per heavy atom. The lowest BCUT2D eigenvalue weighted by molar-refractivity contribution is 0.388. The standard InChI is InChI=1S/C13H18BrClN2/c1-17-5-4-10(9-17)7-16-8-11-2-3-12(14)6-13(11)15/h2-3,6,10,16H,4-5,7-9H2,1H3. The monoisotopic (exact) mass is 316 g/mol. The lowest BCUT2D eigenvalue weighted by Gasteiger charge is -2.12. The van der Waals surface area contributed by atoms with Gasteiger partial charge in [-0.05, 0) is 50.2 Å². The molecule has 1 aromatic rings. The van der Waals surface area contributed by atoms with E-state index in [1.165, 1.54) is 25.1 Å². The minimum Gasteiger partial charge on any atom is -0.312 e. The second kappa shape index (κ2) is 6.19. The fraction of sp³-hybridized carbons (Fsp3) is 0.538. The summed E-state index contributed by atoms with van der Waals surface area (Å²) in [5, 5.41) is 4.33. The Hall–Kier alpha value is -0.0900. The first-order chi connectivity index (χ1) is 8.15. The second-order valence-corrected chi connectivity index (χ2v) is 6.11. The molecule has 1 unspecified atom stereocenters. The van der Waals surface area contributed by atoms with E-state index in [1.54, 1.807) is 0 Å². The number of likely N-dealkylation sites (tertiary alicyclic amines) is 1. The van der Waals surface area contributed by atoms with Crippen LogP contribution in [0.4, 0.5) is 0 Å². The molecule has 2 nitrogen and oxygen atoms in total. The van der Waals surface area contributed by atoms with Crippen LogP contribution in [-0.4, -0.2) is 31.6 Å². The van der Waals surface area contributed by atoms with Crippen LogP contribution in [-0.2, 0) is 6.54 Å². The summed E-state index contributed by atoms with van der Waals surface area (Å²) in [5.74, 6) is 0.786. The van der Waals surface area contributed by atoms with Crippen molar-refractivity contribution < 1.29 is 0 Å². The first-order valence-corrected chi connectivity index (χ1v) is 7.15. The number of hydrogen-bond acceptors (Lipinski definition) is 2. The van der Waals surface area contributed by atoms with E-state index >= 15 is 0 Å². The first-order valence-electron chi connectivity index (χ1n) is 5.98. The van der Waals surface area contributed by atoms with Crippen molar-refractivity contribution in [3.63, 3.8) is 0 Å².